The van der Waals surface area contributed by atoms with Crippen molar-refractivity contribution in [3.05, 3.63) is 34.3 Å². The van der Waals surface area contributed by atoms with Crippen LogP contribution in [-0.2, 0) is 10.2 Å². The molecule has 5 nitrogen and oxygen atoms in total. The second-order valence-electron chi connectivity index (χ2n) is 3.23. The fraction of sp³-hybridized carbons (Fsp3) is 0.222. The number of hydrogen-bond donors (Lipinski definition) is 1. The number of halogens is 1. The van der Waals surface area contributed by atoms with Crippen LogP contribution in [-0.4, -0.2) is 32.7 Å². The van der Waals surface area contributed by atoms with Gasteiger partial charge in [0.2, 0.25) is 0 Å². The van der Waals surface area contributed by atoms with Crippen LogP contribution in [0.2, 0.25) is 0 Å². The van der Waals surface area contributed by atoms with E-state index in [2.05, 4.69) is 15.9 Å². The first-order valence-corrected chi connectivity index (χ1v) is 6.56. The summed E-state index contributed by atoms with van der Waals surface area (Å²) in [6, 6.07) is 6.39. The molecule has 1 rings (SSSR count). The van der Waals surface area contributed by atoms with Crippen LogP contribution in [0.4, 0.5) is 0 Å². The molecule has 1 amide bonds. The highest BCUT2D eigenvalue weighted by Gasteiger charge is 2.17. The maximum Gasteiger partial charge on any atom is 0.303 e. The van der Waals surface area contributed by atoms with Gasteiger partial charge >= 0.3 is 10.2 Å². The second-order valence-corrected chi connectivity index (χ2v) is 6.03. The van der Waals surface area contributed by atoms with E-state index in [1.807, 2.05) is 4.72 Å². The number of nitrogens with one attached hydrogen (secondary N) is 1. The molecule has 0 bridgehead atoms. The summed E-state index contributed by atoms with van der Waals surface area (Å²) in [5, 5.41) is 0. The molecular weight excluding hydrogens is 296 g/mol. The molecule has 0 spiro atoms. The Balaban J connectivity index is 2.85. The molecule has 0 atom stereocenters. The highest BCUT2D eigenvalue weighted by atomic mass is 79.9. The molecule has 88 valence electrons. The quantitative estimate of drug-likeness (QED) is 0.905. The van der Waals surface area contributed by atoms with Gasteiger partial charge < -0.3 is 0 Å². The second kappa shape index (κ2) is 4.94. The SMILES string of the molecule is CN(C)S(=O)(=O)NC(=O)c1ccc(Br)cc1. The minimum absolute atomic E-state index is 0.286. The number of nitrogens with zero attached hydrogens (tertiary/aromatic N) is 1. The fourth-order valence-electron chi connectivity index (χ4n) is 0.869. The van der Waals surface area contributed by atoms with Crippen molar-refractivity contribution in [2.75, 3.05) is 14.1 Å². The van der Waals surface area contributed by atoms with Gasteiger partial charge in [0.15, 0.2) is 0 Å². The first-order chi connectivity index (χ1) is 7.33. The van der Waals surface area contributed by atoms with Gasteiger partial charge in [0.05, 0.1) is 0 Å². The molecule has 1 N–H and O–H groups in total. The minimum atomic E-state index is -3.73. The Hall–Kier alpha value is -0.920. The molecule has 0 saturated carbocycles. The number of carbonyl (C=O) groups excluding carboxylic acids is 1. The van der Waals surface area contributed by atoms with Crippen molar-refractivity contribution >= 4 is 32.0 Å². The molecule has 0 fully saturated rings. The number of benzene rings is 1. The van der Waals surface area contributed by atoms with Crippen LogP contribution in [0.3, 0.4) is 0 Å². The summed E-state index contributed by atoms with van der Waals surface area (Å²) < 4.78 is 26.4. The summed E-state index contributed by atoms with van der Waals surface area (Å²) >= 11 is 3.22. The van der Waals surface area contributed by atoms with Crippen LogP contribution in [0.15, 0.2) is 28.7 Å². The van der Waals surface area contributed by atoms with E-state index in [4.69, 9.17) is 0 Å². The number of rotatable bonds is 3. The Labute approximate surface area is 103 Å². The van der Waals surface area contributed by atoms with Gasteiger partial charge in [-0.2, -0.15) is 12.7 Å². The van der Waals surface area contributed by atoms with Gasteiger partial charge in [-0.1, -0.05) is 15.9 Å². The minimum Gasteiger partial charge on any atom is -0.268 e. The average molecular weight is 307 g/mol. The third kappa shape index (κ3) is 3.29. The monoisotopic (exact) mass is 306 g/mol. The van der Waals surface area contributed by atoms with Crippen LogP contribution in [0, 0.1) is 0 Å². The molecule has 0 aliphatic carbocycles. The predicted octanol–water partition coefficient (Wildman–Crippen LogP) is 0.985. The average Bonchev–Trinajstić information content (AvgIpc) is 2.17. The van der Waals surface area contributed by atoms with E-state index in [-0.39, 0.29) is 5.56 Å². The van der Waals surface area contributed by atoms with Crippen molar-refractivity contribution < 1.29 is 13.2 Å². The summed E-state index contributed by atoms with van der Waals surface area (Å²) in [5.41, 5.74) is 0.286. The van der Waals surface area contributed by atoms with Crippen molar-refractivity contribution in [1.82, 2.24) is 9.03 Å². The molecule has 0 aliphatic rings. The molecule has 1 aromatic rings. The summed E-state index contributed by atoms with van der Waals surface area (Å²) in [6.07, 6.45) is 0. The zero-order valence-corrected chi connectivity index (χ0v) is 11.2. The zero-order valence-electron chi connectivity index (χ0n) is 8.77. The Bertz CT molecular complexity index is 482. The third-order valence-electron chi connectivity index (χ3n) is 1.81. The van der Waals surface area contributed by atoms with Gasteiger partial charge in [0, 0.05) is 24.1 Å². The van der Waals surface area contributed by atoms with E-state index >= 15 is 0 Å². The maximum atomic E-state index is 11.5. The van der Waals surface area contributed by atoms with Crippen LogP contribution in [0.1, 0.15) is 10.4 Å². The van der Waals surface area contributed by atoms with Crippen molar-refractivity contribution in [2.45, 2.75) is 0 Å². The number of hydrogen-bond acceptors (Lipinski definition) is 3. The molecule has 16 heavy (non-hydrogen) atoms. The summed E-state index contributed by atoms with van der Waals surface area (Å²) in [6.45, 7) is 0. The van der Waals surface area contributed by atoms with Gasteiger partial charge in [-0.15, -0.1) is 0 Å². The molecule has 0 radical (unpaired) electrons. The van der Waals surface area contributed by atoms with E-state index in [1.54, 1.807) is 12.1 Å². The van der Waals surface area contributed by atoms with E-state index in [0.717, 1.165) is 8.78 Å². The third-order valence-corrected chi connectivity index (χ3v) is 3.74. The van der Waals surface area contributed by atoms with Gasteiger partial charge in [-0.25, -0.2) is 4.72 Å². The van der Waals surface area contributed by atoms with Gasteiger partial charge in [0.1, 0.15) is 0 Å². The first-order valence-electron chi connectivity index (χ1n) is 4.33. The Kier molecular flexibility index (Phi) is 4.06. The molecule has 7 heteroatoms. The highest BCUT2D eigenvalue weighted by Crippen LogP contribution is 2.10. The van der Waals surface area contributed by atoms with Crippen LogP contribution < -0.4 is 4.72 Å². The first kappa shape index (κ1) is 13.1. The smallest absolute Gasteiger partial charge is 0.268 e. The van der Waals surface area contributed by atoms with Crippen LogP contribution in [0.25, 0.3) is 0 Å². The van der Waals surface area contributed by atoms with Gasteiger partial charge in [0.25, 0.3) is 5.91 Å². The number of amides is 1. The lowest BCUT2D eigenvalue weighted by Gasteiger charge is -2.12. The molecular formula is C9H11BrN2O3S. The Morgan fingerprint density at radius 1 is 1.25 bits per heavy atom. The van der Waals surface area contributed by atoms with Crippen molar-refractivity contribution in [3.63, 3.8) is 0 Å². The lowest BCUT2D eigenvalue weighted by atomic mass is 10.2. The fourth-order valence-corrected chi connectivity index (χ4v) is 1.67. The van der Waals surface area contributed by atoms with Crippen molar-refractivity contribution in [2.24, 2.45) is 0 Å². The van der Waals surface area contributed by atoms with E-state index in [1.165, 1.54) is 26.2 Å². The molecule has 1 aromatic carbocycles. The largest absolute Gasteiger partial charge is 0.303 e. The molecule has 0 heterocycles. The summed E-state index contributed by atoms with van der Waals surface area (Å²) in [5.74, 6) is -0.652. The van der Waals surface area contributed by atoms with Crippen LogP contribution >= 0.6 is 15.9 Å². The molecule has 0 aromatic heterocycles. The van der Waals surface area contributed by atoms with Crippen molar-refractivity contribution in [3.8, 4) is 0 Å². The normalized spacial score (nSPS) is 11.5. The van der Waals surface area contributed by atoms with Gasteiger partial charge in [-0.3, -0.25) is 4.79 Å². The number of carbonyl (C=O) groups is 1. The highest BCUT2D eigenvalue weighted by molar-refractivity contribution is 9.10. The summed E-state index contributed by atoms with van der Waals surface area (Å²) in [4.78, 5) is 11.5. The molecule has 0 saturated heterocycles. The zero-order chi connectivity index (χ0) is 12.3. The van der Waals surface area contributed by atoms with Crippen molar-refractivity contribution in [1.29, 1.82) is 0 Å². The van der Waals surface area contributed by atoms with Crippen LogP contribution in [0.5, 0.6) is 0 Å². The summed E-state index contributed by atoms with van der Waals surface area (Å²) in [7, 11) is -1.04. The topological polar surface area (TPSA) is 66.5 Å². The standard InChI is InChI=1S/C9H11BrN2O3S/c1-12(2)16(14,15)11-9(13)7-3-5-8(10)6-4-7/h3-6H,1-2H3,(H,11,13). The Morgan fingerprint density at radius 3 is 2.19 bits per heavy atom. The van der Waals surface area contributed by atoms with Gasteiger partial charge in [-0.05, 0) is 24.3 Å². The Morgan fingerprint density at radius 2 is 1.75 bits per heavy atom. The molecule has 0 aliphatic heterocycles. The van der Waals surface area contributed by atoms with E-state index in [9.17, 15) is 13.2 Å². The lowest BCUT2D eigenvalue weighted by Crippen LogP contribution is -2.39. The maximum absolute atomic E-state index is 11.5. The molecule has 0 unspecified atom stereocenters. The van der Waals surface area contributed by atoms with E-state index < -0.39 is 16.1 Å². The predicted molar refractivity (Wildman–Crippen MR) is 64.2 cm³/mol. The lowest BCUT2D eigenvalue weighted by molar-refractivity contribution is 0.0979. The van der Waals surface area contributed by atoms with E-state index in [0.29, 0.717) is 0 Å².